The van der Waals surface area contributed by atoms with Crippen LogP contribution in [0.15, 0.2) is 24.5 Å². The molecule has 1 saturated heterocycles. The third-order valence-electron chi connectivity index (χ3n) is 3.69. The zero-order chi connectivity index (χ0) is 14.6. The Labute approximate surface area is 120 Å². The fraction of sp³-hybridized carbons (Fsp3) is 0.643. The van der Waals surface area contributed by atoms with Gasteiger partial charge in [0.15, 0.2) is 0 Å². The van der Waals surface area contributed by atoms with Gasteiger partial charge < -0.3 is 5.11 Å². The topological polar surface area (TPSA) is 70.5 Å². The van der Waals surface area contributed by atoms with Crippen molar-refractivity contribution < 1.29 is 13.5 Å². The highest BCUT2D eigenvalue weighted by Crippen LogP contribution is 2.25. The second kappa shape index (κ2) is 6.65. The number of aliphatic hydroxyl groups is 1. The normalized spacial score (nSPS) is 22.0. The number of aliphatic hydroxyl groups excluding tert-OH is 1. The van der Waals surface area contributed by atoms with Crippen LogP contribution < -0.4 is 0 Å². The maximum absolute atomic E-state index is 12.4. The monoisotopic (exact) mass is 298 g/mol. The van der Waals surface area contributed by atoms with Crippen LogP contribution in [0.1, 0.15) is 31.7 Å². The molecule has 112 valence electrons. The number of sulfonamides is 1. The molecule has 0 amide bonds. The molecule has 1 N–H and O–H groups in total. The highest BCUT2D eigenvalue weighted by atomic mass is 32.2. The van der Waals surface area contributed by atoms with E-state index in [9.17, 15) is 13.5 Å². The lowest BCUT2D eigenvalue weighted by atomic mass is 10.1. The molecule has 6 heteroatoms. The van der Waals surface area contributed by atoms with Crippen molar-refractivity contribution in [2.24, 2.45) is 0 Å². The van der Waals surface area contributed by atoms with E-state index in [4.69, 9.17) is 0 Å². The standard InChI is InChI=1S/C14H22N2O3S/c1-12(17)11-14-3-2-9-16(14)20(18,19)10-6-13-4-7-15-8-5-13/h4-5,7-8,12,14,17H,2-3,6,9-11H2,1H3. The molecule has 5 nitrogen and oxygen atoms in total. The molecule has 0 saturated carbocycles. The average molecular weight is 298 g/mol. The third kappa shape index (κ3) is 4.01. The van der Waals surface area contributed by atoms with Crippen molar-refractivity contribution in [1.29, 1.82) is 0 Å². The first-order valence-electron chi connectivity index (χ1n) is 7.05. The van der Waals surface area contributed by atoms with Crippen LogP contribution in [-0.2, 0) is 16.4 Å². The fourth-order valence-electron chi connectivity index (χ4n) is 2.72. The van der Waals surface area contributed by atoms with Gasteiger partial charge in [0, 0.05) is 25.0 Å². The first kappa shape index (κ1) is 15.4. The Morgan fingerprint density at radius 3 is 2.80 bits per heavy atom. The van der Waals surface area contributed by atoms with Crippen molar-refractivity contribution in [3.63, 3.8) is 0 Å². The third-order valence-corrected chi connectivity index (χ3v) is 5.61. The Kier molecular flexibility index (Phi) is 5.12. The Morgan fingerprint density at radius 1 is 1.45 bits per heavy atom. The molecule has 0 aliphatic carbocycles. The molecule has 1 aliphatic heterocycles. The van der Waals surface area contributed by atoms with Crippen molar-refractivity contribution in [1.82, 2.24) is 9.29 Å². The predicted octanol–water partition coefficient (Wildman–Crippen LogP) is 1.19. The van der Waals surface area contributed by atoms with Gasteiger partial charge in [-0.15, -0.1) is 0 Å². The van der Waals surface area contributed by atoms with Gasteiger partial charge in [0.2, 0.25) is 10.0 Å². The molecule has 2 rings (SSSR count). The number of hydrogen-bond donors (Lipinski definition) is 1. The number of rotatable bonds is 6. The number of aromatic nitrogens is 1. The summed E-state index contributed by atoms with van der Waals surface area (Å²) in [5, 5.41) is 9.48. The van der Waals surface area contributed by atoms with E-state index in [0.29, 0.717) is 19.4 Å². The summed E-state index contributed by atoms with van der Waals surface area (Å²) in [5.74, 6) is 0.118. The van der Waals surface area contributed by atoms with Crippen molar-refractivity contribution >= 4 is 10.0 Å². The molecule has 0 aromatic carbocycles. The van der Waals surface area contributed by atoms with Crippen LogP contribution in [0.4, 0.5) is 0 Å². The molecule has 2 heterocycles. The van der Waals surface area contributed by atoms with Gasteiger partial charge in [0.05, 0.1) is 11.9 Å². The Hall–Kier alpha value is -0.980. The lowest BCUT2D eigenvalue weighted by molar-refractivity contribution is 0.158. The van der Waals surface area contributed by atoms with Crippen molar-refractivity contribution in [2.45, 2.75) is 44.8 Å². The summed E-state index contributed by atoms with van der Waals surface area (Å²) in [6.45, 7) is 2.29. The summed E-state index contributed by atoms with van der Waals surface area (Å²) in [5.41, 5.74) is 0.981. The largest absolute Gasteiger partial charge is 0.393 e. The Bertz CT molecular complexity index is 516. The summed E-state index contributed by atoms with van der Waals surface area (Å²) >= 11 is 0. The molecular weight excluding hydrogens is 276 g/mol. The van der Waals surface area contributed by atoms with Gasteiger partial charge in [-0.3, -0.25) is 4.98 Å². The first-order valence-corrected chi connectivity index (χ1v) is 8.66. The van der Waals surface area contributed by atoms with Gasteiger partial charge in [-0.1, -0.05) is 0 Å². The average Bonchev–Trinajstić information content (AvgIpc) is 2.86. The quantitative estimate of drug-likeness (QED) is 0.856. The van der Waals surface area contributed by atoms with Gasteiger partial charge >= 0.3 is 0 Å². The molecule has 1 aliphatic rings. The molecule has 20 heavy (non-hydrogen) atoms. The molecule has 2 atom stereocenters. The molecule has 1 aromatic rings. The highest BCUT2D eigenvalue weighted by Gasteiger charge is 2.34. The molecule has 2 unspecified atom stereocenters. The second-order valence-corrected chi connectivity index (χ2v) is 7.45. The Balaban J connectivity index is 1.99. The number of nitrogens with zero attached hydrogens (tertiary/aromatic N) is 2. The van der Waals surface area contributed by atoms with Gasteiger partial charge in [-0.05, 0) is 50.3 Å². The van der Waals surface area contributed by atoms with E-state index in [-0.39, 0.29) is 11.8 Å². The zero-order valence-corrected chi connectivity index (χ0v) is 12.6. The van der Waals surface area contributed by atoms with Crippen molar-refractivity contribution in [2.75, 3.05) is 12.3 Å². The van der Waals surface area contributed by atoms with Crippen LogP contribution in [0.2, 0.25) is 0 Å². The van der Waals surface area contributed by atoms with E-state index < -0.39 is 16.1 Å². The van der Waals surface area contributed by atoms with E-state index in [1.807, 2.05) is 12.1 Å². The summed E-state index contributed by atoms with van der Waals surface area (Å²) in [6, 6.07) is 3.64. The van der Waals surface area contributed by atoms with Crippen LogP contribution in [-0.4, -0.2) is 47.3 Å². The van der Waals surface area contributed by atoms with Crippen molar-refractivity contribution in [3.05, 3.63) is 30.1 Å². The van der Waals surface area contributed by atoms with Crippen molar-refractivity contribution in [3.8, 4) is 0 Å². The SMILES string of the molecule is CC(O)CC1CCCN1S(=O)(=O)CCc1ccncc1. The van der Waals surface area contributed by atoms with Crippen LogP contribution in [0, 0.1) is 0 Å². The van der Waals surface area contributed by atoms with Crippen LogP contribution in [0.5, 0.6) is 0 Å². The number of aryl methyl sites for hydroxylation is 1. The van der Waals surface area contributed by atoms with E-state index in [1.54, 1.807) is 23.6 Å². The predicted molar refractivity (Wildman–Crippen MR) is 77.8 cm³/mol. The lowest BCUT2D eigenvalue weighted by Crippen LogP contribution is -2.39. The van der Waals surface area contributed by atoms with Gasteiger partial charge in [-0.2, -0.15) is 4.31 Å². The Morgan fingerprint density at radius 2 is 2.15 bits per heavy atom. The number of pyridine rings is 1. The minimum absolute atomic E-state index is 0.0440. The van der Waals surface area contributed by atoms with E-state index >= 15 is 0 Å². The van der Waals surface area contributed by atoms with Crippen LogP contribution >= 0.6 is 0 Å². The summed E-state index contributed by atoms with van der Waals surface area (Å²) in [6.07, 6.45) is 5.64. The van der Waals surface area contributed by atoms with Gasteiger partial charge in [0.25, 0.3) is 0 Å². The lowest BCUT2D eigenvalue weighted by Gasteiger charge is -2.25. The molecule has 1 aromatic heterocycles. The van der Waals surface area contributed by atoms with E-state index in [1.165, 1.54) is 0 Å². The zero-order valence-electron chi connectivity index (χ0n) is 11.8. The minimum atomic E-state index is -3.25. The molecule has 0 spiro atoms. The summed E-state index contributed by atoms with van der Waals surface area (Å²) in [7, 11) is -3.25. The maximum Gasteiger partial charge on any atom is 0.214 e. The second-order valence-electron chi connectivity index (χ2n) is 5.41. The van der Waals surface area contributed by atoms with E-state index in [2.05, 4.69) is 4.98 Å². The fourth-order valence-corrected chi connectivity index (χ4v) is 4.50. The van der Waals surface area contributed by atoms with Gasteiger partial charge in [0.1, 0.15) is 0 Å². The highest BCUT2D eigenvalue weighted by molar-refractivity contribution is 7.89. The molecule has 0 radical (unpaired) electrons. The molecular formula is C14H22N2O3S. The van der Waals surface area contributed by atoms with Crippen LogP contribution in [0.25, 0.3) is 0 Å². The summed E-state index contributed by atoms with van der Waals surface area (Å²) < 4.78 is 26.4. The molecule has 0 bridgehead atoms. The molecule has 1 fully saturated rings. The smallest absolute Gasteiger partial charge is 0.214 e. The number of hydrogen-bond acceptors (Lipinski definition) is 4. The minimum Gasteiger partial charge on any atom is -0.393 e. The van der Waals surface area contributed by atoms with Crippen LogP contribution in [0.3, 0.4) is 0 Å². The first-order chi connectivity index (χ1) is 9.49. The van der Waals surface area contributed by atoms with E-state index in [0.717, 1.165) is 18.4 Å². The summed E-state index contributed by atoms with van der Waals surface area (Å²) in [4.78, 5) is 3.92. The maximum atomic E-state index is 12.4. The van der Waals surface area contributed by atoms with Gasteiger partial charge in [-0.25, -0.2) is 8.42 Å².